The second-order valence-electron chi connectivity index (χ2n) is 4.40. The van der Waals surface area contributed by atoms with Crippen molar-refractivity contribution >= 4 is 11.9 Å². The predicted octanol–water partition coefficient (Wildman–Crippen LogP) is 1.33. The topological polar surface area (TPSA) is 91.0 Å². The van der Waals surface area contributed by atoms with Crippen LogP contribution in [-0.4, -0.2) is 24.0 Å². The van der Waals surface area contributed by atoms with Crippen molar-refractivity contribution in [3.8, 4) is 0 Å². The molecule has 1 fully saturated rings. The molecular formula is C11H22N4O. The van der Waals surface area contributed by atoms with Crippen molar-refractivity contribution in [2.24, 2.45) is 5.73 Å². The summed E-state index contributed by atoms with van der Waals surface area (Å²) >= 11 is 0. The molecule has 0 radical (unpaired) electrons. The molecule has 0 saturated heterocycles. The van der Waals surface area contributed by atoms with Crippen molar-refractivity contribution < 1.29 is 4.79 Å². The van der Waals surface area contributed by atoms with Crippen molar-refractivity contribution in [3.05, 3.63) is 0 Å². The van der Waals surface area contributed by atoms with E-state index in [9.17, 15) is 4.79 Å². The lowest BCUT2D eigenvalue weighted by Gasteiger charge is -2.19. The van der Waals surface area contributed by atoms with E-state index in [-0.39, 0.29) is 17.9 Å². The van der Waals surface area contributed by atoms with Crippen molar-refractivity contribution in [1.82, 2.24) is 10.6 Å². The average molecular weight is 226 g/mol. The summed E-state index contributed by atoms with van der Waals surface area (Å²) in [5.74, 6) is 0.0309. The van der Waals surface area contributed by atoms with Crippen LogP contribution in [0.2, 0.25) is 0 Å². The SMILES string of the molecule is CCCC(NC(=O)NC1CCCC1)C(=N)N. The van der Waals surface area contributed by atoms with Gasteiger partial charge in [-0.25, -0.2) is 4.79 Å². The second-order valence-corrected chi connectivity index (χ2v) is 4.40. The molecule has 0 aromatic carbocycles. The minimum atomic E-state index is -0.327. The van der Waals surface area contributed by atoms with Gasteiger partial charge in [-0.1, -0.05) is 26.2 Å². The zero-order valence-corrected chi connectivity index (χ0v) is 9.88. The fourth-order valence-electron chi connectivity index (χ4n) is 2.05. The van der Waals surface area contributed by atoms with Gasteiger partial charge in [0.25, 0.3) is 0 Å². The lowest BCUT2D eigenvalue weighted by atomic mass is 10.1. The largest absolute Gasteiger partial charge is 0.386 e. The fourth-order valence-corrected chi connectivity index (χ4v) is 2.05. The second kappa shape index (κ2) is 6.35. The molecule has 0 bridgehead atoms. The van der Waals surface area contributed by atoms with Crippen molar-refractivity contribution in [2.45, 2.75) is 57.5 Å². The highest BCUT2D eigenvalue weighted by Gasteiger charge is 2.19. The van der Waals surface area contributed by atoms with Crippen LogP contribution in [-0.2, 0) is 0 Å². The van der Waals surface area contributed by atoms with Crippen LogP contribution in [0.3, 0.4) is 0 Å². The molecule has 1 rings (SSSR count). The number of hydrogen-bond donors (Lipinski definition) is 4. The molecule has 1 aliphatic rings. The van der Waals surface area contributed by atoms with Crippen LogP contribution in [0.1, 0.15) is 45.4 Å². The monoisotopic (exact) mass is 226 g/mol. The first kappa shape index (κ1) is 12.8. The van der Waals surface area contributed by atoms with Crippen molar-refractivity contribution in [2.75, 3.05) is 0 Å². The van der Waals surface area contributed by atoms with Crippen LogP contribution in [0.5, 0.6) is 0 Å². The molecule has 0 aromatic rings. The van der Waals surface area contributed by atoms with Gasteiger partial charge in [0.15, 0.2) is 0 Å². The first-order valence-corrected chi connectivity index (χ1v) is 6.04. The molecule has 5 nitrogen and oxygen atoms in total. The molecule has 0 heterocycles. The van der Waals surface area contributed by atoms with Gasteiger partial charge in [-0.2, -0.15) is 0 Å². The maximum absolute atomic E-state index is 11.6. The van der Waals surface area contributed by atoms with Gasteiger partial charge in [-0.05, 0) is 19.3 Å². The quantitative estimate of drug-likeness (QED) is 0.421. The average Bonchev–Trinajstić information content (AvgIpc) is 2.69. The minimum absolute atomic E-state index is 0.0309. The number of hydrogen-bond acceptors (Lipinski definition) is 2. The molecule has 92 valence electrons. The van der Waals surface area contributed by atoms with Gasteiger partial charge in [0.1, 0.15) is 5.84 Å². The van der Waals surface area contributed by atoms with Gasteiger partial charge < -0.3 is 16.4 Å². The lowest BCUT2D eigenvalue weighted by Crippen LogP contribution is -2.50. The van der Waals surface area contributed by atoms with Crippen LogP contribution < -0.4 is 16.4 Å². The summed E-state index contributed by atoms with van der Waals surface area (Å²) < 4.78 is 0. The van der Waals surface area contributed by atoms with Gasteiger partial charge in [-0.3, -0.25) is 5.41 Å². The highest BCUT2D eigenvalue weighted by atomic mass is 16.2. The Morgan fingerprint density at radius 3 is 2.62 bits per heavy atom. The molecule has 1 saturated carbocycles. The van der Waals surface area contributed by atoms with E-state index in [1.807, 2.05) is 6.92 Å². The van der Waals surface area contributed by atoms with Crippen LogP contribution in [0.15, 0.2) is 0 Å². The van der Waals surface area contributed by atoms with Crippen LogP contribution in [0.4, 0.5) is 4.79 Å². The van der Waals surface area contributed by atoms with E-state index in [0.717, 1.165) is 19.3 Å². The van der Waals surface area contributed by atoms with E-state index < -0.39 is 0 Å². The fraction of sp³-hybridized carbons (Fsp3) is 0.818. The standard InChI is InChI=1S/C11H22N4O/c1-2-5-9(10(12)13)15-11(16)14-8-6-3-4-7-8/h8-9H,2-7H2,1H3,(H3,12,13)(H2,14,15,16). The smallest absolute Gasteiger partial charge is 0.315 e. The number of carbonyl (C=O) groups is 1. The Labute approximate surface area is 96.7 Å². The van der Waals surface area contributed by atoms with Gasteiger partial charge in [-0.15, -0.1) is 0 Å². The first-order valence-electron chi connectivity index (χ1n) is 6.04. The molecule has 0 aliphatic heterocycles. The van der Waals surface area contributed by atoms with Crippen molar-refractivity contribution in [1.29, 1.82) is 5.41 Å². The normalized spacial score (nSPS) is 18.1. The summed E-state index contributed by atoms with van der Waals surface area (Å²) in [7, 11) is 0. The third-order valence-corrected chi connectivity index (χ3v) is 2.95. The molecule has 1 aliphatic carbocycles. The van der Waals surface area contributed by atoms with Gasteiger partial charge in [0, 0.05) is 6.04 Å². The Morgan fingerprint density at radius 1 is 1.50 bits per heavy atom. The Balaban J connectivity index is 2.32. The summed E-state index contributed by atoms with van der Waals surface area (Å²) in [5.41, 5.74) is 5.42. The van der Waals surface area contributed by atoms with Crippen LogP contribution in [0.25, 0.3) is 0 Å². The number of nitrogens with one attached hydrogen (secondary N) is 3. The van der Waals surface area contributed by atoms with E-state index >= 15 is 0 Å². The lowest BCUT2D eigenvalue weighted by molar-refractivity contribution is 0.235. The zero-order valence-electron chi connectivity index (χ0n) is 9.88. The van der Waals surface area contributed by atoms with E-state index in [2.05, 4.69) is 10.6 Å². The number of carbonyl (C=O) groups excluding carboxylic acids is 1. The van der Waals surface area contributed by atoms with E-state index in [0.29, 0.717) is 12.5 Å². The van der Waals surface area contributed by atoms with E-state index in [4.69, 9.17) is 11.1 Å². The Morgan fingerprint density at radius 2 is 2.12 bits per heavy atom. The molecule has 16 heavy (non-hydrogen) atoms. The summed E-state index contributed by atoms with van der Waals surface area (Å²) in [6, 6.07) is -0.221. The predicted molar refractivity (Wildman–Crippen MR) is 64.5 cm³/mol. The zero-order chi connectivity index (χ0) is 12.0. The Bertz CT molecular complexity index is 248. The van der Waals surface area contributed by atoms with E-state index in [1.165, 1.54) is 12.8 Å². The molecule has 5 heteroatoms. The number of rotatable bonds is 5. The summed E-state index contributed by atoms with van der Waals surface area (Å²) in [6.45, 7) is 2.01. The minimum Gasteiger partial charge on any atom is -0.386 e. The maximum atomic E-state index is 11.6. The third kappa shape index (κ3) is 4.08. The first-order chi connectivity index (χ1) is 7.63. The Hall–Kier alpha value is -1.26. The molecule has 5 N–H and O–H groups in total. The van der Waals surface area contributed by atoms with Crippen molar-refractivity contribution in [3.63, 3.8) is 0 Å². The van der Waals surface area contributed by atoms with Crippen LogP contribution >= 0.6 is 0 Å². The Kier molecular flexibility index (Phi) is 5.08. The maximum Gasteiger partial charge on any atom is 0.315 e. The number of amides is 2. The highest BCUT2D eigenvalue weighted by Crippen LogP contribution is 2.17. The van der Waals surface area contributed by atoms with Gasteiger partial charge in [0.05, 0.1) is 6.04 Å². The number of urea groups is 1. The van der Waals surface area contributed by atoms with Gasteiger partial charge >= 0.3 is 6.03 Å². The highest BCUT2D eigenvalue weighted by molar-refractivity contribution is 5.87. The van der Waals surface area contributed by atoms with Crippen LogP contribution in [0, 0.1) is 5.41 Å². The summed E-state index contributed by atoms with van der Waals surface area (Å²) in [4.78, 5) is 11.6. The molecular weight excluding hydrogens is 204 g/mol. The van der Waals surface area contributed by atoms with Gasteiger partial charge in [0.2, 0.25) is 0 Å². The molecule has 2 amide bonds. The third-order valence-electron chi connectivity index (χ3n) is 2.95. The summed E-state index contributed by atoms with van der Waals surface area (Å²) in [6.07, 6.45) is 6.12. The number of nitrogens with two attached hydrogens (primary N) is 1. The number of amidine groups is 1. The molecule has 0 spiro atoms. The van der Waals surface area contributed by atoms with E-state index in [1.54, 1.807) is 0 Å². The summed E-state index contributed by atoms with van der Waals surface area (Å²) in [5, 5.41) is 13.0. The molecule has 1 unspecified atom stereocenters. The molecule has 0 aromatic heterocycles. The molecule has 1 atom stereocenters.